The Hall–Kier alpha value is -3.33. The molecule has 0 unspecified atom stereocenters. The Morgan fingerprint density at radius 1 is 1.11 bits per heavy atom. The van der Waals surface area contributed by atoms with Crippen LogP contribution in [0.2, 0.25) is 0 Å². The average Bonchev–Trinajstić information content (AvgIpc) is 3.07. The fourth-order valence-corrected chi connectivity index (χ4v) is 3.52. The Bertz CT molecular complexity index is 1230. The van der Waals surface area contributed by atoms with Crippen LogP contribution in [-0.2, 0) is 4.79 Å². The standard InChI is InChI=1S/C18H12BrN5O3/c1-9(25)22-12-4-11(6-20-7-12)10-2-3-15-13(5-10)14-8-21-24(18(26)27)16(14)17(19)23-15/h2-8H,1H3,(H,22,25)(H,26,27). The molecule has 3 aromatic heterocycles. The van der Waals surface area contributed by atoms with E-state index in [-0.39, 0.29) is 5.91 Å². The van der Waals surface area contributed by atoms with Crippen molar-refractivity contribution in [2.45, 2.75) is 6.92 Å². The van der Waals surface area contributed by atoms with Gasteiger partial charge in [0.05, 0.1) is 23.6 Å². The maximum absolute atomic E-state index is 11.4. The molecule has 0 spiro atoms. The number of hydrogen-bond donors (Lipinski definition) is 2. The molecule has 0 radical (unpaired) electrons. The van der Waals surface area contributed by atoms with Crippen molar-refractivity contribution in [2.24, 2.45) is 0 Å². The molecular formula is C18H12BrN5O3. The molecule has 0 bridgehead atoms. The lowest BCUT2D eigenvalue weighted by atomic mass is 10.0. The number of pyridine rings is 2. The Morgan fingerprint density at radius 3 is 2.67 bits per heavy atom. The van der Waals surface area contributed by atoms with Gasteiger partial charge in [-0.3, -0.25) is 9.78 Å². The monoisotopic (exact) mass is 425 g/mol. The van der Waals surface area contributed by atoms with E-state index in [1.807, 2.05) is 24.3 Å². The topological polar surface area (TPSA) is 110 Å². The van der Waals surface area contributed by atoms with Gasteiger partial charge >= 0.3 is 6.09 Å². The Labute approximate surface area is 161 Å². The first-order valence-corrected chi connectivity index (χ1v) is 8.66. The number of carboxylic acid groups (broad SMARTS) is 1. The smallest absolute Gasteiger partial charge is 0.432 e. The predicted molar refractivity (Wildman–Crippen MR) is 104 cm³/mol. The van der Waals surface area contributed by atoms with Crippen LogP contribution in [0.4, 0.5) is 10.5 Å². The minimum atomic E-state index is -1.18. The van der Waals surface area contributed by atoms with Crippen molar-refractivity contribution in [2.75, 3.05) is 5.32 Å². The SMILES string of the molecule is CC(=O)Nc1cncc(-c2ccc3nc(Br)c4c(cnn4C(=O)O)c3c2)c1. The lowest BCUT2D eigenvalue weighted by Gasteiger charge is -2.08. The first-order valence-electron chi connectivity index (χ1n) is 7.87. The van der Waals surface area contributed by atoms with E-state index >= 15 is 0 Å². The fraction of sp³-hybridized carbons (Fsp3) is 0.0556. The highest BCUT2D eigenvalue weighted by atomic mass is 79.9. The number of halogens is 1. The third-order valence-electron chi connectivity index (χ3n) is 4.04. The van der Waals surface area contributed by atoms with Crippen molar-refractivity contribution < 1.29 is 14.7 Å². The second-order valence-corrected chi connectivity index (χ2v) is 6.63. The highest BCUT2D eigenvalue weighted by molar-refractivity contribution is 9.10. The van der Waals surface area contributed by atoms with Crippen molar-refractivity contribution in [3.05, 3.63) is 47.5 Å². The van der Waals surface area contributed by atoms with Crippen molar-refractivity contribution in [3.63, 3.8) is 0 Å². The number of amides is 1. The van der Waals surface area contributed by atoms with Crippen molar-refractivity contribution in [1.29, 1.82) is 0 Å². The molecule has 0 atom stereocenters. The number of benzene rings is 1. The predicted octanol–water partition coefficient (Wildman–Crippen LogP) is 3.89. The summed E-state index contributed by atoms with van der Waals surface area (Å²) in [6.07, 6.45) is 3.58. The van der Waals surface area contributed by atoms with Gasteiger partial charge in [0.2, 0.25) is 5.91 Å². The summed E-state index contributed by atoms with van der Waals surface area (Å²) in [5, 5.41) is 17.4. The largest absolute Gasteiger partial charge is 0.463 e. The van der Waals surface area contributed by atoms with Gasteiger partial charge in [0.1, 0.15) is 10.1 Å². The van der Waals surface area contributed by atoms with E-state index < -0.39 is 6.09 Å². The Kier molecular flexibility index (Phi) is 4.08. The zero-order valence-corrected chi connectivity index (χ0v) is 15.6. The first-order chi connectivity index (χ1) is 12.9. The van der Waals surface area contributed by atoms with E-state index in [1.54, 1.807) is 12.4 Å². The van der Waals surface area contributed by atoms with Crippen LogP contribution in [-0.4, -0.2) is 36.9 Å². The first kappa shape index (κ1) is 17.1. The molecule has 0 aliphatic heterocycles. The number of hydrogen-bond acceptors (Lipinski definition) is 5. The molecule has 4 aromatic rings. The summed E-state index contributed by atoms with van der Waals surface area (Å²) in [5.41, 5.74) is 3.35. The zero-order valence-electron chi connectivity index (χ0n) is 14.0. The minimum absolute atomic E-state index is 0.177. The van der Waals surface area contributed by atoms with Crippen LogP contribution in [0.3, 0.4) is 0 Å². The molecule has 3 heterocycles. The summed E-state index contributed by atoms with van der Waals surface area (Å²) in [5.74, 6) is -0.177. The second-order valence-electron chi connectivity index (χ2n) is 5.88. The van der Waals surface area contributed by atoms with E-state index in [1.165, 1.54) is 13.1 Å². The summed E-state index contributed by atoms with van der Waals surface area (Å²) in [4.78, 5) is 31.2. The molecule has 0 saturated carbocycles. The number of fused-ring (bicyclic) bond motifs is 3. The van der Waals surface area contributed by atoms with Crippen molar-refractivity contribution >= 4 is 55.4 Å². The van der Waals surface area contributed by atoms with Crippen LogP contribution in [0.5, 0.6) is 0 Å². The molecule has 27 heavy (non-hydrogen) atoms. The van der Waals surface area contributed by atoms with Crippen molar-refractivity contribution in [3.8, 4) is 11.1 Å². The lowest BCUT2D eigenvalue weighted by Crippen LogP contribution is -2.09. The number of aromatic nitrogens is 4. The van der Waals surface area contributed by atoms with Crippen molar-refractivity contribution in [1.82, 2.24) is 19.7 Å². The Balaban J connectivity index is 1.92. The number of carbonyl (C=O) groups excluding carboxylic acids is 1. The number of nitrogens with one attached hydrogen (secondary N) is 1. The molecule has 0 saturated heterocycles. The normalized spacial score (nSPS) is 11.0. The summed E-state index contributed by atoms with van der Waals surface area (Å²) in [6, 6.07) is 7.46. The second kappa shape index (κ2) is 6.44. The molecule has 134 valence electrons. The van der Waals surface area contributed by atoms with Gasteiger partial charge in [-0.1, -0.05) is 6.07 Å². The van der Waals surface area contributed by atoms with Gasteiger partial charge in [-0.15, -0.1) is 0 Å². The number of anilines is 1. The van der Waals surface area contributed by atoms with Gasteiger partial charge < -0.3 is 10.4 Å². The van der Waals surface area contributed by atoms with Gasteiger partial charge in [0.25, 0.3) is 0 Å². The van der Waals surface area contributed by atoms with E-state index in [0.717, 1.165) is 21.2 Å². The molecule has 0 aliphatic rings. The molecule has 2 N–H and O–H groups in total. The summed E-state index contributed by atoms with van der Waals surface area (Å²) in [7, 11) is 0. The van der Waals surface area contributed by atoms with Gasteiger partial charge in [0, 0.05) is 29.5 Å². The molecule has 1 amide bonds. The molecule has 8 nitrogen and oxygen atoms in total. The summed E-state index contributed by atoms with van der Waals surface area (Å²) >= 11 is 3.33. The number of nitrogens with zero attached hydrogens (tertiary/aromatic N) is 4. The average molecular weight is 426 g/mol. The summed E-state index contributed by atoms with van der Waals surface area (Å²) < 4.78 is 1.30. The van der Waals surface area contributed by atoms with E-state index in [4.69, 9.17) is 0 Å². The van der Waals surface area contributed by atoms with Crippen LogP contribution in [0.25, 0.3) is 32.9 Å². The molecule has 1 aromatic carbocycles. The third kappa shape index (κ3) is 3.02. The molecule has 0 aliphatic carbocycles. The quantitative estimate of drug-likeness (QED) is 0.471. The van der Waals surface area contributed by atoms with E-state index in [9.17, 15) is 14.7 Å². The van der Waals surface area contributed by atoms with E-state index in [2.05, 4.69) is 36.3 Å². The molecular weight excluding hydrogens is 414 g/mol. The highest BCUT2D eigenvalue weighted by Crippen LogP contribution is 2.32. The maximum atomic E-state index is 11.4. The molecule has 4 rings (SSSR count). The zero-order chi connectivity index (χ0) is 19.1. The van der Waals surface area contributed by atoms with Gasteiger partial charge in [-0.05, 0) is 39.7 Å². The van der Waals surface area contributed by atoms with Crippen LogP contribution in [0.1, 0.15) is 6.92 Å². The Morgan fingerprint density at radius 2 is 1.93 bits per heavy atom. The molecule has 0 fully saturated rings. The van der Waals surface area contributed by atoms with Crippen LogP contribution in [0.15, 0.2) is 47.5 Å². The van der Waals surface area contributed by atoms with Crippen LogP contribution in [0, 0.1) is 0 Å². The van der Waals surface area contributed by atoms with Gasteiger partial charge in [0.15, 0.2) is 0 Å². The van der Waals surface area contributed by atoms with Crippen LogP contribution >= 0.6 is 15.9 Å². The number of rotatable bonds is 2. The fourth-order valence-electron chi connectivity index (χ4n) is 2.95. The maximum Gasteiger partial charge on any atom is 0.432 e. The number of carbonyl (C=O) groups is 2. The minimum Gasteiger partial charge on any atom is -0.463 e. The highest BCUT2D eigenvalue weighted by Gasteiger charge is 2.16. The van der Waals surface area contributed by atoms with Crippen LogP contribution < -0.4 is 5.32 Å². The summed E-state index contributed by atoms with van der Waals surface area (Å²) in [6.45, 7) is 1.43. The van der Waals surface area contributed by atoms with Gasteiger partial charge in [-0.2, -0.15) is 9.78 Å². The van der Waals surface area contributed by atoms with Gasteiger partial charge in [-0.25, -0.2) is 9.78 Å². The van der Waals surface area contributed by atoms with E-state index in [0.29, 0.717) is 26.7 Å². The molecule has 9 heteroatoms. The third-order valence-corrected chi connectivity index (χ3v) is 4.60. The lowest BCUT2D eigenvalue weighted by molar-refractivity contribution is -0.114.